The van der Waals surface area contributed by atoms with Gasteiger partial charge in [-0.1, -0.05) is 12.1 Å². The molecule has 0 bridgehead atoms. The van der Waals surface area contributed by atoms with E-state index in [4.69, 9.17) is 19.2 Å². The van der Waals surface area contributed by atoms with Gasteiger partial charge < -0.3 is 24.6 Å². The number of anilines is 2. The highest BCUT2D eigenvalue weighted by molar-refractivity contribution is 6.10. The van der Waals surface area contributed by atoms with Gasteiger partial charge in [-0.2, -0.15) is 0 Å². The molecule has 2 N–H and O–H groups in total. The zero-order valence-corrected chi connectivity index (χ0v) is 17.4. The van der Waals surface area contributed by atoms with Crippen LogP contribution in [0.5, 0.6) is 17.2 Å². The lowest BCUT2D eigenvalue weighted by atomic mass is 10.0. The van der Waals surface area contributed by atoms with E-state index >= 15 is 0 Å². The predicted molar refractivity (Wildman–Crippen MR) is 119 cm³/mol. The average molecular weight is 404 g/mol. The van der Waals surface area contributed by atoms with Gasteiger partial charge in [-0.3, -0.25) is 0 Å². The van der Waals surface area contributed by atoms with Gasteiger partial charge in [0, 0.05) is 22.5 Å². The van der Waals surface area contributed by atoms with Crippen molar-refractivity contribution >= 4 is 33.2 Å². The Morgan fingerprint density at radius 2 is 1.47 bits per heavy atom. The van der Waals surface area contributed by atoms with Crippen LogP contribution in [0.3, 0.4) is 0 Å². The molecular weight excluding hydrogens is 380 g/mol. The Morgan fingerprint density at radius 1 is 0.833 bits per heavy atom. The van der Waals surface area contributed by atoms with Crippen molar-refractivity contribution < 1.29 is 19.3 Å². The molecule has 0 radical (unpaired) electrons. The van der Waals surface area contributed by atoms with Gasteiger partial charge in [0.05, 0.1) is 44.7 Å². The highest BCUT2D eigenvalue weighted by Gasteiger charge is 2.16. The van der Waals surface area contributed by atoms with Gasteiger partial charge in [0.25, 0.3) is 0 Å². The molecule has 0 aliphatic heterocycles. The van der Waals surface area contributed by atoms with Gasteiger partial charge in [0.15, 0.2) is 11.5 Å². The van der Waals surface area contributed by atoms with Gasteiger partial charge in [-0.25, -0.2) is 4.98 Å². The van der Waals surface area contributed by atoms with Crippen LogP contribution in [0.1, 0.15) is 11.1 Å². The van der Waals surface area contributed by atoms with Crippen molar-refractivity contribution in [2.75, 3.05) is 26.6 Å². The molecule has 4 aromatic rings. The quantitative estimate of drug-likeness (QED) is 0.443. The van der Waals surface area contributed by atoms with E-state index in [-0.39, 0.29) is 6.61 Å². The van der Waals surface area contributed by atoms with E-state index in [1.54, 1.807) is 21.3 Å². The molecule has 1 aromatic heterocycles. The van der Waals surface area contributed by atoms with Gasteiger partial charge in [-0.15, -0.1) is 0 Å². The number of rotatable bonds is 6. The second-order valence-corrected chi connectivity index (χ2v) is 7.03. The molecule has 154 valence electrons. The summed E-state index contributed by atoms with van der Waals surface area (Å²) in [6.45, 7) is 1.97. The number of aryl methyl sites for hydroxylation is 1. The minimum Gasteiger partial charge on any atom is -0.496 e. The van der Waals surface area contributed by atoms with E-state index in [0.717, 1.165) is 50.1 Å². The van der Waals surface area contributed by atoms with E-state index in [1.165, 1.54) is 0 Å². The molecule has 30 heavy (non-hydrogen) atoms. The molecule has 0 unspecified atom stereocenters. The zero-order valence-electron chi connectivity index (χ0n) is 17.4. The van der Waals surface area contributed by atoms with Gasteiger partial charge in [0.1, 0.15) is 5.75 Å². The monoisotopic (exact) mass is 404 g/mol. The maximum absolute atomic E-state index is 9.51. The summed E-state index contributed by atoms with van der Waals surface area (Å²) >= 11 is 0. The summed E-state index contributed by atoms with van der Waals surface area (Å²) < 4.78 is 16.6. The second kappa shape index (κ2) is 8.08. The molecule has 1 heterocycles. The number of aliphatic hydroxyl groups is 1. The van der Waals surface area contributed by atoms with E-state index in [9.17, 15) is 5.11 Å². The number of methoxy groups -OCH3 is 3. The molecule has 0 amide bonds. The number of aromatic nitrogens is 1. The van der Waals surface area contributed by atoms with E-state index in [1.807, 2.05) is 55.5 Å². The summed E-state index contributed by atoms with van der Waals surface area (Å²) in [6.07, 6.45) is 0. The number of benzene rings is 3. The average Bonchev–Trinajstić information content (AvgIpc) is 2.77. The minimum atomic E-state index is -0.0224. The molecular formula is C24H24N2O4. The lowest BCUT2D eigenvalue weighted by Crippen LogP contribution is -1.99. The molecule has 0 saturated heterocycles. The van der Waals surface area contributed by atoms with Crippen molar-refractivity contribution in [2.45, 2.75) is 13.5 Å². The molecule has 0 saturated carbocycles. The van der Waals surface area contributed by atoms with E-state index in [0.29, 0.717) is 11.5 Å². The second-order valence-electron chi connectivity index (χ2n) is 7.03. The van der Waals surface area contributed by atoms with Crippen LogP contribution >= 0.6 is 0 Å². The van der Waals surface area contributed by atoms with Gasteiger partial charge >= 0.3 is 0 Å². The number of nitrogens with one attached hydrogen (secondary N) is 1. The van der Waals surface area contributed by atoms with Crippen LogP contribution in [0, 0.1) is 6.92 Å². The zero-order chi connectivity index (χ0) is 21.3. The molecule has 3 aromatic carbocycles. The first-order chi connectivity index (χ1) is 14.6. The van der Waals surface area contributed by atoms with Crippen LogP contribution in [0.25, 0.3) is 21.8 Å². The molecule has 6 nitrogen and oxygen atoms in total. The Labute approximate surface area is 175 Å². The SMILES string of the molecule is COc1cc2c(Nc3cccc(CO)c3)c3cc(OC)c(OC)cc3nc2cc1C. The maximum Gasteiger partial charge on any atom is 0.162 e. The standard InChI is InChI=1S/C24H24N2O4/c1-14-8-19-17(10-21(14)28-2)24(25-16-7-5-6-15(9-16)13-27)18-11-22(29-3)23(30-4)12-20(18)26-19/h5-12,27H,13H2,1-4H3,(H,25,26). The van der Waals surface area contributed by atoms with Crippen molar-refractivity contribution in [3.8, 4) is 17.2 Å². The summed E-state index contributed by atoms with van der Waals surface area (Å²) in [4.78, 5) is 4.86. The third kappa shape index (κ3) is 3.46. The number of nitrogens with zero attached hydrogens (tertiary/aromatic N) is 1. The largest absolute Gasteiger partial charge is 0.496 e. The fourth-order valence-electron chi connectivity index (χ4n) is 3.65. The summed E-state index contributed by atoms with van der Waals surface area (Å²) in [5.74, 6) is 2.03. The van der Waals surface area contributed by atoms with Crippen molar-refractivity contribution in [3.63, 3.8) is 0 Å². The summed E-state index contributed by atoms with van der Waals surface area (Å²) in [6, 6.07) is 15.5. The number of hydrogen-bond acceptors (Lipinski definition) is 6. The van der Waals surface area contributed by atoms with E-state index < -0.39 is 0 Å². The Bertz CT molecular complexity index is 1240. The smallest absolute Gasteiger partial charge is 0.162 e. The molecule has 0 spiro atoms. The Hall–Kier alpha value is -3.51. The van der Waals surface area contributed by atoms with Crippen LogP contribution < -0.4 is 19.5 Å². The lowest BCUT2D eigenvalue weighted by molar-refractivity contribution is 0.282. The van der Waals surface area contributed by atoms with Crippen molar-refractivity contribution in [3.05, 3.63) is 59.7 Å². The predicted octanol–water partition coefficient (Wildman–Crippen LogP) is 4.96. The van der Waals surface area contributed by atoms with Gasteiger partial charge in [-0.05, 0) is 48.4 Å². The normalized spacial score (nSPS) is 11.0. The third-order valence-electron chi connectivity index (χ3n) is 5.17. The maximum atomic E-state index is 9.51. The van der Waals surface area contributed by atoms with Crippen LogP contribution in [0.4, 0.5) is 11.4 Å². The molecule has 0 fully saturated rings. The Kier molecular flexibility index (Phi) is 5.33. The molecule has 0 aliphatic carbocycles. The molecule has 6 heteroatoms. The Morgan fingerprint density at radius 3 is 2.13 bits per heavy atom. The lowest BCUT2D eigenvalue weighted by Gasteiger charge is -2.17. The Balaban J connectivity index is 2.04. The van der Waals surface area contributed by atoms with Crippen LogP contribution in [-0.2, 0) is 6.61 Å². The minimum absolute atomic E-state index is 0.0224. The fraction of sp³-hybridized carbons (Fsp3) is 0.208. The molecule has 0 aliphatic rings. The summed E-state index contributed by atoms with van der Waals surface area (Å²) in [5.41, 5.74) is 5.20. The number of ether oxygens (including phenoxy) is 3. The number of pyridine rings is 1. The van der Waals surface area contributed by atoms with Crippen molar-refractivity contribution in [2.24, 2.45) is 0 Å². The highest BCUT2D eigenvalue weighted by Crippen LogP contribution is 2.40. The molecule has 4 rings (SSSR count). The van der Waals surface area contributed by atoms with Gasteiger partial charge in [0.2, 0.25) is 0 Å². The fourth-order valence-corrected chi connectivity index (χ4v) is 3.65. The first-order valence-corrected chi connectivity index (χ1v) is 9.58. The third-order valence-corrected chi connectivity index (χ3v) is 5.17. The van der Waals surface area contributed by atoms with Crippen molar-refractivity contribution in [1.82, 2.24) is 4.98 Å². The van der Waals surface area contributed by atoms with Crippen molar-refractivity contribution in [1.29, 1.82) is 0 Å². The van der Waals surface area contributed by atoms with Crippen LogP contribution in [0.2, 0.25) is 0 Å². The number of fused-ring (bicyclic) bond motifs is 2. The molecule has 0 atom stereocenters. The number of aliphatic hydroxyl groups excluding tert-OH is 1. The number of hydrogen-bond donors (Lipinski definition) is 2. The first kappa shape index (κ1) is 19.8. The van der Waals surface area contributed by atoms with Crippen LogP contribution in [0.15, 0.2) is 48.5 Å². The summed E-state index contributed by atoms with van der Waals surface area (Å²) in [7, 11) is 4.88. The van der Waals surface area contributed by atoms with Crippen LogP contribution in [-0.4, -0.2) is 31.4 Å². The topological polar surface area (TPSA) is 72.8 Å². The highest BCUT2D eigenvalue weighted by atomic mass is 16.5. The first-order valence-electron chi connectivity index (χ1n) is 9.58. The van der Waals surface area contributed by atoms with E-state index in [2.05, 4.69) is 5.32 Å². The summed E-state index contributed by atoms with van der Waals surface area (Å²) in [5, 5.41) is 14.8.